The fourth-order valence-electron chi connectivity index (χ4n) is 1.15. The SMILES string of the molecule is [2H]C1([2H])CC(=O)c2ccccc2N1. The van der Waals surface area contributed by atoms with E-state index < -0.39 is 6.50 Å². The molecule has 2 heteroatoms. The van der Waals surface area contributed by atoms with E-state index in [1.54, 1.807) is 24.3 Å². The number of hydrogen-bond donors (Lipinski definition) is 1. The molecule has 1 aliphatic rings. The van der Waals surface area contributed by atoms with Gasteiger partial charge in [-0.2, -0.15) is 0 Å². The van der Waals surface area contributed by atoms with Crippen molar-refractivity contribution in [1.29, 1.82) is 0 Å². The summed E-state index contributed by atoms with van der Waals surface area (Å²) in [4.78, 5) is 11.4. The average Bonchev–Trinajstić information content (AvgIpc) is 2.02. The molecule has 0 amide bonds. The zero-order chi connectivity index (χ0) is 9.47. The molecule has 0 spiro atoms. The number of anilines is 1. The summed E-state index contributed by atoms with van der Waals surface area (Å²) < 4.78 is 14.8. The first-order chi connectivity index (χ1) is 6.08. The third-order valence-electron chi connectivity index (χ3n) is 1.70. The molecule has 0 saturated heterocycles. The summed E-state index contributed by atoms with van der Waals surface area (Å²) in [5.41, 5.74) is 1.17. The van der Waals surface area contributed by atoms with Gasteiger partial charge in [-0.1, -0.05) is 12.1 Å². The summed E-state index contributed by atoms with van der Waals surface area (Å²) in [6, 6.07) is 6.98. The molecule has 11 heavy (non-hydrogen) atoms. The first-order valence-corrected chi connectivity index (χ1v) is 3.49. The van der Waals surface area contributed by atoms with Gasteiger partial charge in [-0.25, -0.2) is 0 Å². The van der Waals surface area contributed by atoms with Crippen LogP contribution in [-0.4, -0.2) is 12.3 Å². The number of para-hydroxylation sites is 1. The fraction of sp³-hybridized carbons (Fsp3) is 0.222. The number of carbonyl (C=O) groups is 1. The lowest BCUT2D eigenvalue weighted by Crippen LogP contribution is -2.17. The van der Waals surface area contributed by atoms with Crippen molar-refractivity contribution < 1.29 is 7.54 Å². The van der Waals surface area contributed by atoms with Crippen LogP contribution in [0.2, 0.25) is 0 Å². The quantitative estimate of drug-likeness (QED) is 0.608. The Morgan fingerprint density at radius 3 is 3.18 bits per heavy atom. The Hall–Kier alpha value is -1.31. The highest BCUT2D eigenvalue weighted by atomic mass is 16.1. The molecular formula is C9H9NO. The lowest BCUT2D eigenvalue weighted by Gasteiger charge is -2.15. The van der Waals surface area contributed by atoms with Crippen molar-refractivity contribution in [1.82, 2.24) is 0 Å². The van der Waals surface area contributed by atoms with Crippen LogP contribution < -0.4 is 5.32 Å². The average molecular weight is 149 g/mol. The highest BCUT2D eigenvalue weighted by molar-refractivity contribution is 6.02. The van der Waals surface area contributed by atoms with Crippen LogP contribution in [0.5, 0.6) is 0 Å². The maximum atomic E-state index is 11.4. The Morgan fingerprint density at radius 2 is 2.27 bits per heavy atom. The Balaban J connectivity index is 2.49. The summed E-state index contributed by atoms with van der Waals surface area (Å²) in [6.45, 7) is -1.61. The van der Waals surface area contributed by atoms with Crippen molar-refractivity contribution in [2.75, 3.05) is 11.8 Å². The molecule has 0 saturated carbocycles. The largest absolute Gasteiger partial charge is 0.384 e. The van der Waals surface area contributed by atoms with Gasteiger partial charge in [0.25, 0.3) is 0 Å². The molecule has 0 bridgehead atoms. The standard InChI is InChI=1S/C9H9NO/c11-9-5-6-10-8-4-2-1-3-7(8)9/h1-4,10H,5-6H2/i6D2. The molecule has 56 valence electrons. The van der Waals surface area contributed by atoms with E-state index in [4.69, 9.17) is 2.74 Å². The smallest absolute Gasteiger partial charge is 0.166 e. The molecule has 2 nitrogen and oxygen atoms in total. The van der Waals surface area contributed by atoms with Gasteiger partial charge in [0.05, 0.1) is 0 Å². The van der Waals surface area contributed by atoms with Crippen LogP contribution in [0.4, 0.5) is 5.69 Å². The number of benzene rings is 1. The Kier molecular flexibility index (Phi) is 0.984. The molecule has 0 aromatic heterocycles. The number of carbonyl (C=O) groups excluding carboxylic acids is 1. The number of Topliss-reactive ketones (excluding diaryl/α,β-unsaturated/α-hetero) is 1. The summed E-state index contributed by atoms with van der Waals surface area (Å²) in [5.74, 6) is -0.139. The summed E-state index contributed by atoms with van der Waals surface area (Å²) >= 11 is 0. The molecule has 0 aliphatic carbocycles. The highest BCUT2D eigenvalue weighted by Crippen LogP contribution is 2.20. The van der Waals surface area contributed by atoms with Gasteiger partial charge in [-0.3, -0.25) is 4.79 Å². The van der Waals surface area contributed by atoms with Crippen LogP contribution in [0.1, 0.15) is 19.5 Å². The van der Waals surface area contributed by atoms with E-state index >= 15 is 0 Å². The van der Waals surface area contributed by atoms with Crippen LogP contribution in [-0.2, 0) is 0 Å². The lowest BCUT2D eigenvalue weighted by atomic mass is 10.0. The van der Waals surface area contributed by atoms with E-state index in [1.807, 2.05) is 0 Å². The van der Waals surface area contributed by atoms with E-state index in [-0.39, 0.29) is 12.2 Å². The molecule has 2 rings (SSSR count). The van der Waals surface area contributed by atoms with Gasteiger partial charge in [-0.05, 0) is 12.1 Å². The first kappa shape index (κ1) is 4.54. The van der Waals surface area contributed by atoms with Crippen LogP contribution in [0, 0.1) is 0 Å². The summed E-state index contributed by atoms with van der Waals surface area (Å²) in [6.07, 6.45) is -0.0932. The van der Waals surface area contributed by atoms with Gasteiger partial charge in [0.2, 0.25) is 0 Å². The molecule has 0 unspecified atom stereocenters. The van der Waals surface area contributed by atoms with Crippen LogP contribution in [0.15, 0.2) is 24.3 Å². The van der Waals surface area contributed by atoms with E-state index in [0.717, 1.165) is 0 Å². The van der Waals surface area contributed by atoms with Gasteiger partial charge in [-0.15, -0.1) is 0 Å². The van der Waals surface area contributed by atoms with Crippen LogP contribution in [0.25, 0.3) is 0 Å². The minimum atomic E-state index is -1.61. The number of rotatable bonds is 0. The second-order valence-corrected chi connectivity index (χ2v) is 2.45. The van der Waals surface area contributed by atoms with Crippen molar-refractivity contribution in [2.24, 2.45) is 0 Å². The predicted octanol–water partition coefficient (Wildman–Crippen LogP) is 1.68. The first-order valence-electron chi connectivity index (χ1n) is 4.49. The van der Waals surface area contributed by atoms with Crippen LogP contribution in [0.3, 0.4) is 0 Å². The van der Waals surface area contributed by atoms with E-state index in [2.05, 4.69) is 5.32 Å². The van der Waals surface area contributed by atoms with Crippen molar-refractivity contribution in [2.45, 2.75) is 6.42 Å². The molecule has 0 atom stereocenters. The van der Waals surface area contributed by atoms with Crippen molar-refractivity contribution in [3.8, 4) is 0 Å². The molecule has 1 N–H and O–H groups in total. The third-order valence-corrected chi connectivity index (χ3v) is 1.70. The van der Waals surface area contributed by atoms with Crippen molar-refractivity contribution in [3.05, 3.63) is 29.8 Å². The number of fused-ring (bicyclic) bond motifs is 1. The Labute approximate surface area is 68.0 Å². The van der Waals surface area contributed by atoms with Gasteiger partial charge in [0.15, 0.2) is 5.78 Å². The Morgan fingerprint density at radius 1 is 1.45 bits per heavy atom. The molecule has 0 fully saturated rings. The highest BCUT2D eigenvalue weighted by Gasteiger charge is 2.14. The molecule has 1 aliphatic heterocycles. The summed E-state index contributed by atoms with van der Waals surface area (Å²) in [7, 11) is 0. The fourth-order valence-corrected chi connectivity index (χ4v) is 1.15. The monoisotopic (exact) mass is 149 g/mol. The zero-order valence-electron chi connectivity index (χ0n) is 7.92. The van der Waals surface area contributed by atoms with Crippen LogP contribution >= 0.6 is 0 Å². The Bertz CT molecular complexity index is 362. The summed E-state index contributed by atoms with van der Waals surface area (Å²) in [5, 5.41) is 2.68. The number of ketones is 1. The van der Waals surface area contributed by atoms with E-state index in [1.165, 1.54) is 0 Å². The minimum Gasteiger partial charge on any atom is -0.384 e. The zero-order valence-corrected chi connectivity index (χ0v) is 5.92. The maximum absolute atomic E-state index is 11.4. The van der Waals surface area contributed by atoms with Crippen molar-refractivity contribution in [3.63, 3.8) is 0 Å². The molecular weight excluding hydrogens is 138 g/mol. The van der Waals surface area contributed by atoms with Crippen molar-refractivity contribution >= 4 is 11.5 Å². The lowest BCUT2D eigenvalue weighted by molar-refractivity contribution is 0.0984. The molecule has 1 aromatic rings. The van der Waals surface area contributed by atoms with Gasteiger partial charge in [0, 0.05) is 26.9 Å². The van der Waals surface area contributed by atoms with E-state index in [9.17, 15) is 4.79 Å². The molecule has 1 heterocycles. The van der Waals surface area contributed by atoms with Gasteiger partial charge >= 0.3 is 0 Å². The second-order valence-electron chi connectivity index (χ2n) is 2.45. The maximum Gasteiger partial charge on any atom is 0.166 e. The normalized spacial score (nSPS) is 22.7. The predicted molar refractivity (Wildman–Crippen MR) is 43.9 cm³/mol. The molecule has 1 aromatic carbocycles. The minimum absolute atomic E-state index is 0.0932. The number of hydrogen-bond acceptors (Lipinski definition) is 2. The van der Waals surface area contributed by atoms with Gasteiger partial charge < -0.3 is 5.32 Å². The second kappa shape index (κ2) is 2.38. The topological polar surface area (TPSA) is 29.1 Å². The number of nitrogens with one attached hydrogen (secondary N) is 1. The molecule has 0 radical (unpaired) electrons. The van der Waals surface area contributed by atoms with E-state index in [0.29, 0.717) is 11.3 Å². The third kappa shape index (κ3) is 1.00. The van der Waals surface area contributed by atoms with Gasteiger partial charge in [0.1, 0.15) is 0 Å².